The molecule has 0 spiro atoms. The molecule has 18 heavy (non-hydrogen) atoms. The lowest BCUT2D eigenvalue weighted by Crippen LogP contribution is -2.35. The SMILES string of the molecule is CC(NC1CCCC1CO)c1ccc(Cl)c(Cl)c1. The van der Waals surface area contributed by atoms with Crippen molar-refractivity contribution < 1.29 is 5.11 Å². The van der Waals surface area contributed by atoms with E-state index < -0.39 is 0 Å². The summed E-state index contributed by atoms with van der Waals surface area (Å²) in [5, 5.41) is 14.1. The average Bonchev–Trinajstić information content (AvgIpc) is 2.79. The molecular weight excluding hydrogens is 269 g/mol. The lowest BCUT2D eigenvalue weighted by Gasteiger charge is -2.24. The van der Waals surface area contributed by atoms with Gasteiger partial charge < -0.3 is 10.4 Å². The highest BCUT2D eigenvalue weighted by Gasteiger charge is 2.27. The summed E-state index contributed by atoms with van der Waals surface area (Å²) in [5.41, 5.74) is 1.13. The monoisotopic (exact) mass is 287 g/mol. The van der Waals surface area contributed by atoms with E-state index in [4.69, 9.17) is 23.2 Å². The van der Waals surface area contributed by atoms with Crippen molar-refractivity contribution in [2.45, 2.75) is 38.3 Å². The fraction of sp³-hybridized carbons (Fsp3) is 0.571. The lowest BCUT2D eigenvalue weighted by molar-refractivity contribution is 0.200. The molecule has 0 aliphatic heterocycles. The summed E-state index contributed by atoms with van der Waals surface area (Å²) in [7, 11) is 0. The van der Waals surface area contributed by atoms with E-state index in [9.17, 15) is 5.11 Å². The van der Waals surface area contributed by atoms with E-state index in [1.807, 2.05) is 18.2 Å². The molecule has 2 N–H and O–H groups in total. The standard InChI is InChI=1S/C14H19Cl2NO/c1-9(10-5-6-12(15)13(16)7-10)17-14-4-2-3-11(14)8-18/h5-7,9,11,14,17-18H,2-4,8H2,1H3. The van der Waals surface area contributed by atoms with Crippen LogP contribution in [0.2, 0.25) is 10.0 Å². The van der Waals surface area contributed by atoms with Gasteiger partial charge in [0.1, 0.15) is 0 Å². The molecule has 3 atom stereocenters. The van der Waals surface area contributed by atoms with Crippen LogP contribution in [0.25, 0.3) is 0 Å². The van der Waals surface area contributed by atoms with Crippen LogP contribution in [0.1, 0.15) is 37.8 Å². The molecule has 0 bridgehead atoms. The Kier molecular flexibility index (Phi) is 4.91. The first-order valence-corrected chi connectivity index (χ1v) is 7.19. The van der Waals surface area contributed by atoms with Crippen molar-refractivity contribution >= 4 is 23.2 Å². The van der Waals surface area contributed by atoms with Gasteiger partial charge in [0.05, 0.1) is 10.0 Å². The van der Waals surface area contributed by atoms with Gasteiger partial charge in [0, 0.05) is 18.7 Å². The maximum atomic E-state index is 9.32. The average molecular weight is 288 g/mol. The fourth-order valence-electron chi connectivity index (χ4n) is 2.67. The summed E-state index contributed by atoms with van der Waals surface area (Å²) in [5.74, 6) is 0.384. The largest absolute Gasteiger partial charge is 0.396 e. The van der Waals surface area contributed by atoms with Crippen LogP contribution in [0, 0.1) is 5.92 Å². The molecule has 1 aromatic carbocycles. The number of aliphatic hydroxyl groups is 1. The first-order valence-electron chi connectivity index (χ1n) is 6.43. The van der Waals surface area contributed by atoms with Crippen LogP contribution < -0.4 is 5.32 Å². The molecule has 2 rings (SSSR count). The van der Waals surface area contributed by atoms with Gasteiger partial charge in [-0.3, -0.25) is 0 Å². The second-order valence-electron chi connectivity index (χ2n) is 5.04. The molecule has 1 aliphatic carbocycles. The smallest absolute Gasteiger partial charge is 0.0595 e. The van der Waals surface area contributed by atoms with E-state index in [1.54, 1.807) is 0 Å². The first kappa shape index (κ1) is 14.1. The Morgan fingerprint density at radius 2 is 2.11 bits per heavy atom. The molecule has 1 aromatic rings. The summed E-state index contributed by atoms with van der Waals surface area (Å²) in [4.78, 5) is 0. The number of nitrogens with one attached hydrogen (secondary N) is 1. The van der Waals surface area contributed by atoms with Gasteiger partial charge in [-0.2, -0.15) is 0 Å². The molecule has 0 saturated heterocycles. The van der Waals surface area contributed by atoms with Crippen LogP contribution in [0.5, 0.6) is 0 Å². The molecule has 1 saturated carbocycles. The minimum atomic E-state index is 0.219. The molecule has 3 unspecified atom stereocenters. The van der Waals surface area contributed by atoms with Gasteiger partial charge in [-0.05, 0) is 43.4 Å². The van der Waals surface area contributed by atoms with Crippen LogP contribution in [-0.2, 0) is 0 Å². The zero-order chi connectivity index (χ0) is 13.1. The molecule has 0 radical (unpaired) electrons. The molecule has 1 fully saturated rings. The van der Waals surface area contributed by atoms with E-state index in [0.717, 1.165) is 18.4 Å². The molecule has 0 aromatic heterocycles. The Labute approximate surface area is 118 Å². The van der Waals surface area contributed by atoms with Crippen molar-refractivity contribution in [3.8, 4) is 0 Å². The molecule has 4 heteroatoms. The summed E-state index contributed by atoms with van der Waals surface area (Å²) in [6, 6.07) is 6.35. The lowest BCUT2D eigenvalue weighted by atomic mass is 10.0. The molecule has 2 nitrogen and oxygen atoms in total. The van der Waals surface area contributed by atoms with Gasteiger partial charge in [0.25, 0.3) is 0 Å². The first-order chi connectivity index (χ1) is 8.61. The Hall–Kier alpha value is -0.280. The topological polar surface area (TPSA) is 32.3 Å². The van der Waals surface area contributed by atoms with Crippen LogP contribution in [0.3, 0.4) is 0 Å². The van der Waals surface area contributed by atoms with Crippen molar-refractivity contribution in [2.75, 3.05) is 6.61 Å². The van der Waals surface area contributed by atoms with Crippen LogP contribution in [0.4, 0.5) is 0 Å². The number of halogens is 2. The number of hydrogen-bond donors (Lipinski definition) is 2. The highest BCUT2D eigenvalue weighted by Crippen LogP contribution is 2.29. The third-order valence-corrected chi connectivity index (χ3v) is 4.54. The fourth-order valence-corrected chi connectivity index (χ4v) is 2.98. The van der Waals surface area contributed by atoms with Gasteiger partial charge in [-0.1, -0.05) is 35.7 Å². The van der Waals surface area contributed by atoms with E-state index in [1.165, 1.54) is 6.42 Å². The van der Waals surface area contributed by atoms with Crippen molar-refractivity contribution in [3.63, 3.8) is 0 Å². The summed E-state index contributed by atoms with van der Waals surface area (Å²) in [6.45, 7) is 2.39. The summed E-state index contributed by atoms with van der Waals surface area (Å²) >= 11 is 11.9. The van der Waals surface area contributed by atoms with E-state index in [0.29, 0.717) is 22.0 Å². The van der Waals surface area contributed by atoms with Gasteiger partial charge >= 0.3 is 0 Å². The van der Waals surface area contributed by atoms with Crippen molar-refractivity contribution in [1.82, 2.24) is 5.32 Å². The van der Waals surface area contributed by atoms with E-state index in [2.05, 4.69) is 12.2 Å². The predicted molar refractivity (Wildman–Crippen MR) is 76.2 cm³/mol. The highest BCUT2D eigenvalue weighted by molar-refractivity contribution is 6.42. The van der Waals surface area contributed by atoms with Crippen LogP contribution in [-0.4, -0.2) is 17.8 Å². The second-order valence-corrected chi connectivity index (χ2v) is 5.86. The quantitative estimate of drug-likeness (QED) is 0.883. The molecule has 1 aliphatic rings. The van der Waals surface area contributed by atoms with Gasteiger partial charge in [-0.25, -0.2) is 0 Å². The predicted octanol–water partition coefficient (Wildman–Crippen LogP) is 3.81. The minimum Gasteiger partial charge on any atom is -0.396 e. The van der Waals surface area contributed by atoms with E-state index >= 15 is 0 Å². The number of hydrogen-bond acceptors (Lipinski definition) is 2. The Morgan fingerprint density at radius 1 is 1.33 bits per heavy atom. The van der Waals surface area contributed by atoms with E-state index in [-0.39, 0.29) is 12.6 Å². The van der Waals surface area contributed by atoms with Crippen LogP contribution in [0.15, 0.2) is 18.2 Å². The maximum absolute atomic E-state index is 9.32. The minimum absolute atomic E-state index is 0.219. The number of rotatable bonds is 4. The normalized spacial score (nSPS) is 25.3. The molecular formula is C14H19Cl2NO. The Morgan fingerprint density at radius 3 is 2.78 bits per heavy atom. The zero-order valence-electron chi connectivity index (χ0n) is 10.5. The van der Waals surface area contributed by atoms with Crippen molar-refractivity contribution in [3.05, 3.63) is 33.8 Å². The van der Waals surface area contributed by atoms with Gasteiger partial charge in [0.15, 0.2) is 0 Å². The second kappa shape index (κ2) is 6.25. The maximum Gasteiger partial charge on any atom is 0.0595 e. The Balaban J connectivity index is 2.02. The highest BCUT2D eigenvalue weighted by atomic mass is 35.5. The number of aliphatic hydroxyl groups excluding tert-OH is 1. The molecule has 0 amide bonds. The molecule has 0 heterocycles. The third kappa shape index (κ3) is 3.18. The van der Waals surface area contributed by atoms with Crippen molar-refractivity contribution in [2.24, 2.45) is 5.92 Å². The Bertz CT molecular complexity index is 411. The van der Waals surface area contributed by atoms with Crippen LogP contribution >= 0.6 is 23.2 Å². The summed E-state index contributed by atoms with van der Waals surface area (Å²) in [6.07, 6.45) is 3.44. The molecule has 100 valence electrons. The zero-order valence-corrected chi connectivity index (χ0v) is 12.0. The van der Waals surface area contributed by atoms with Crippen molar-refractivity contribution in [1.29, 1.82) is 0 Å². The van der Waals surface area contributed by atoms with Gasteiger partial charge in [-0.15, -0.1) is 0 Å². The van der Waals surface area contributed by atoms with Gasteiger partial charge in [0.2, 0.25) is 0 Å². The summed E-state index contributed by atoms with van der Waals surface area (Å²) < 4.78 is 0. The number of benzene rings is 1. The third-order valence-electron chi connectivity index (χ3n) is 3.80.